The summed E-state index contributed by atoms with van der Waals surface area (Å²) in [5, 5.41) is 3.34. The first-order valence-corrected chi connectivity index (χ1v) is 7.35. The van der Waals surface area contributed by atoms with Crippen molar-refractivity contribution in [1.29, 1.82) is 0 Å². The second-order valence-electron chi connectivity index (χ2n) is 5.21. The molecule has 1 N–H and O–H groups in total. The first-order chi connectivity index (χ1) is 9.22. The van der Waals surface area contributed by atoms with Gasteiger partial charge in [0.05, 0.1) is 19.3 Å². The van der Waals surface area contributed by atoms with Crippen LogP contribution in [0.3, 0.4) is 0 Å². The van der Waals surface area contributed by atoms with Crippen LogP contribution in [0.25, 0.3) is 0 Å². The van der Waals surface area contributed by atoms with Crippen molar-refractivity contribution in [3.8, 4) is 0 Å². The molecule has 0 radical (unpaired) electrons. The molecule has 2 rings (SSSR count). The van der Waals surface area contributed by atoms with E-state index < -0.39 is 0 Å². The zero-order chi connectivity index (χ0) is 13.7. The highest BCUT2D eigenvalue weighted by molar-refractivity contribution is 5.20. The second-order valence-corrected chi connectivity index (χ2v) is 5.21. The lowest BCUT2D eigenvalue weighted by molar-refractivity contribution is -0.0342. The molecule has 0 saturated carbocycles. The SMILES string of the molecule is CCNCc1cc(CN2CCOC(CC)C2)oc1C. The monoisotopic (exact) mass is 266 g/mol. The lowest BCUT2D eigenvalue weighted by atomic mass is 10.2. The fraction of sp³-hybridized carbons (Fsp3) is 0.733. The van der Waals surface area contributed by atoms with E-state index in [2.05, 4.69) is 30.1 Å². The van der Waals surface area contributed by atoms with E-state index >= 15 is 0 Å². The van der Waals surface area contributed by atoms with Crippen LogP contribution in [-0.4, -0.2) is 37.2 Å². The quantitative estimate of drug-likeness (QED) is 0.857. The van der Waals surface area contributed by atoms with Crippen LogP contribution in [0.15, 0.2) is 10.5 Å². The summed E-state index contributed by atoms with van der Waals surface area (Å²) < 4.78 is 11.6. The second kappa shape index (κ2) is 7.08. The van der Waals surface area contributed by atoms with Gasteiger partial charge in [0.2, 0.25) is 0 Å². The largest absolute Gasteiger partial charge is 0.465 e. The molecule has 0 aliphatic carbocycles. The van der Waals surface area contributed by atoms with E-state index in [1.165, 1.54) is 5.56 Å². The minimum absolute atomic E-state index is 0.381. The maximum atomic E-state index is 5.86. The van der Waals surface area contributed by atoms with Crippen LogP contribution in [0.1, 0.15) is 37.4 Å². The molecule has 1 aromatic rings. The zero-order valence-electron chi connectivity index (χ0n) is 12.4. The van der Waals surface area contributed by atoms with Crippen molar-refractivity contribution in [1.82, 2.24) is 10.2 Å². The molecule has 1 unspecified atom stereocenters. The van der Waals surface area contributed by atoms with Gasteiger partial charge in [0, 0.05) is 25.2 Å². The summed E-state index contributed by atoms with van der Waals surface area (Å²) in [6.07, 6.45) is 1.46. The average molecular weight is 266 g/mol. The number of nitrogens with zero attached hydrogens (tertiary/aromatic N) is 1. The molecule has 0 spiro atoms. The lowest BCUT2D eigenvalue weighted by Gasteiger charge is -2.31. The van der Waals surface area contributed by atoms with Crippen molar-refractivity contribution in [3.05, 3.63) is 23.2 Å². The normalized spacial score (nSPS) is 20.9. The molecule has 1 atom stereocenters. The maximum Gasteiger partial charge on any atom is 0.118 e. The Labute approximate surface area is 116 Å². The fourth-order valence-corrected chi connectivity index (χ4v) is 2.49. The van der Waals surface area contributed by atoms with Gasteiger partial charge in [-0.15, -0.1) is 0 Å². The molecule has 2 heterocycles. The van der Waals surface area contributed by atoms with Crippen molar-refractivity contribution < 1.29 is 9.15 Å². The number of morpholine rings is 1. The summed E-state index contributed by atoms with van der Waals surface area (Å²) in [4.78, 5) is 2.42. The number of rotatable bonds is 6. The number of nitrogens with one attached hydrogen (secondary N) is 1. The third kappa shape index (κ3) is 4.06. The van der Waals surface area contributed by atoms with Gasteiger partial charge >= 0.3 is 0 Å². The maximum absolute atomic E-state index is 5.86. The average Bonchev–Trinajstić information content (AvgIpc) is 2.76. The third-order valence-corrected chi connectivity index (χ3v) is 3.69. The topological polar surface area (TPSA) is 37.6 Å². The van der Waals surface area contributed by atoms with Gasteiger partial charge < -0.3 is 14.5 Å². The molecule has 0 bridgehead atoms. The number of ether oxygens (including phenoxy) is 1. The van der Waals surface area contributed by atoms with E-state index in [0.717, 1.165) is 57.3 Å². The van der Waals surface area contributed by atoms with Crippen LogP contribution in [0.5, 0.6) is 0 Å². The number of hydrogen-bond acceptors (Lipinski definition) is 4. The first-order valence-electron chi connectivity index (χ1n) is 7.35. The van der Waals surface area contributed by atoms with Gasteiger partial charge in [-0.1, -0.05) is 13.8 Å². The minimum Gasteiger partial charge on any atom is -0.465 e. The highest BCUT2D eigenvalue weighted by Gasteiger charge is 2.20. The van der Waals surface area contributed by atoms with E-state index in [1.807, 2.05) is 6.92 Å². The third-order valence-electron chi connectivity index (χ3n) is 3.69. The Bertz CT molecular complexity index is 389. The molecule has 4 nitrogen and oxygen atoms in total. The molecule has 4 heteroatoms. The highest BCUT2D eigenvalue weighted by atomic mass is 16.5. The summed E-state index contributed by atoms with van der Waals surface area (Å²) in [5.41, 5.74) is 1.28. The van der Waals surface area contributed by atoms with E-state index in [0.29, 0.717) is 6.10 Å². The van der Waals surface area contributed by atoms with Crippen molar-refractivity contribution in [2.45, 2.75) is 46.4 Å². The summed E-state index contributed by atoms with van der Waals surface area (Å²) in [6.45, 7) is 12.0. The van der Waals surface area contributed by atoms with Gasteiger partial charge in [0.1, 0.15) is 11.5 Å². The molecule has 0 amide bonds. The zero-order valence-corrected chi connectivity index (χ0v) is 12.4. The molecule has 1 aromatic heterocycles. The Balaban J connectivity index is 1.91. The van der Waals surface area contributed by atoms with Crippen LogP contribution in [0.4, 0.5) is 0 Å². The smallest absolute Gasteiger partial charge is 0.118 e. The summed E-state index contributed by atoms with van der Waals surface area (Å²) in [7, 11) is 0. The molecule has 19 heavy (non-hydrogen) atoms. The standard InChI is InChI=1S/C15H26N2O2/c1-4-14-10-17(6-7-18-14)11-15-8-13(9-16-5-2)12(3)19-15/h8,14,16H,4-7,9-11H2,1-3H3. The van der Waals surface area contributed by atoms with Gasteiger partial charge in [0.25, 0.3) is 0 Å². The van der Waals surface area contributed by atoms with Gasteiger partial charge in [0.15, 0.2) is 0 Å². The van der Waals surface area contributed by atoms with Gasteiger partial charge in [-0.2, -0.15) is 0 Å². The number of furan rings is 1. The number of hydrogen-bond donors (Lipinski definition) is 1. The van der Waals surface area contributed by atoms with Gasteiger partial charge in [-0.05, 0) is 26.0 Å². The lowest BCUT2D eigenvalue weighted by Crippen LogP contribution is -2.41. The molecular formula is C15H26N2O2. The van der Waals surface area contributed by atoms with Crippen molar-refractivity contribution in [2.75, 3.05) is 26.2 Å². The van der Waals surface area contributed by atoms with Crippen LogP contribution < -0.4 is 5.32 Å². The molecular weight excluding hydrogens is 240 g/mol. The Kier molecular flexibility index (Phi) is 5.43. The molecule has 1 saturated heterocycles. The predicted octanol–water partition coefficient (Wildman–Crippen LogP) is 2.31. The van der Waals surface area contributed by atoms with E-state index in [-0.39, 0.29) is 0 Å². The summed E-state index contributed by atoms with van der Waals surface area (Å²) in [6, 6.07) is 2.19. The van der Waals surface area contributed by atoms with Crippen LogP contribution in [0.2, 0.25) is 0 Å². The van der Waals surface area contributed by atoms with Crippen molar-refractivity contribution in [3.63, 3.8) is 0 Å². The highest BCUT2D eigenvalue weighted by Crippen LogP contribution is 2.18. The van der Waals surface area contributed by atoms with Crippen molar-refractivity contribution >= 4 is 0 Å². The molecule has 1 aliphatic rings. The molecule has 108 valence electrons. The Morgan fingerprint density at radius 3 is 3.00 bits per heavy atom. The predicted molar refractivity (Wildman–Crippen MR) is 76.1 cm³/mol. The van der Waals surface area contributed by atoms with Gasteiger partial charge in [-0.25, -0.2) is 0 Å². The van der Waals surface area contributed by atoms with Crippen molar-refractivity contribution in [2.24, 2.45) is 0 Å². The van der Waals surface area contributed by atoms with E-state index in [9.17, 15) is 0 Å². The molecule has 0 aromatic carbocycles. The minimum atomic E-state index is 0.381. The number of aryl methyl sites for hydroxylation is 1. The Morgan fingerprint density at radius 2 is 2.26 bits per heavy atom. The van der Waals surface area contributed by atoms with Crippen LogP contribution in [-0.2, 0) is 17.8 Å². The Morgan fingerprint density at radius 1 is 1.42 bits per heavy atom. The van der Waals surface area contributed by atoms with Crippen LogP contribution in [0, 0.1) is 6.92 Å². The van der Waals surface area contributed by atoms with Crippen LogP contribution >= 0.6 is 0 Å². The molecule has 1 fully saturated rings. The Hall–Kier alpha value is -0.840. The molecule has 1 aliphatic heterocycles. The first kappa shape index (κ1) is 14.6. The summed E-state index contributed by atoms with van der Waals surface area (Å²) >= 11 is 0. The van der Waals surface area contributed by atoms with Gasteiger partial charge in [-0.3, -0.25) is 4.90 Å². The van der Waals surface area contributed by atoms with E-state index in [4.69, 9.17) is 9.15 Å². The van der Waals surface area contributed by atoms with E-state index in [1.54, 1.807) is 0 Å². The fourth-order valence-electron chi connectivity index (χ4n) is 2.49. The summed E-state index contributed by atoms with van der Waals surface area (Å²) in [5.74, 6) is 2.11.